The van der Waals surface area contributed by atoms with E-state index in [9.17, 15) is 4.79 Å². The second-order valence-corrected chi connectivity index (χ2v) is 6.16. The van der Waals surface area contributed by atoms with Gasteiger partial charge in [0.15, 0.2) is 0 Å². The summed E-state index contributed by atoms with van der Waals surface area (Å²) in [5.41, 5.74) is 1.95. The van der Waals surface area contributed by atoms with Crippen molar-refractivity contribution in [3.05, 3.63) is 29.3 Å². The number of hydrogen-bond donors (Lipinski definition) is 0. The van der Waals surface area contributed by atoms with Crippen LogP contribution in [0.2, 0.25) is 0 Å². The molecule has 0 spiro atoms. The van der Waals surface area contributed by atoms with Gasteiger partial charge in [0.2, 0.25) is 0 Å². The molecule has 1 atom stereocenters. The van der Waals surface area contributed by atoms with E-state index in [2.05, 4.69) is 6.07 Å². The van der Waals surface area contributed by atoms with Gasteiger partial charge in [-0.3, -0.25) is 0 Å². The molecule has 0 radical (unpaired) electrons. The molecule has 0 aliphatic carbocycles. The van der Waals surface area contributed by atoms with Crippen molar-refractivity contribution in [1.29, 1.82) is 0 Å². The van der Waals surface area contributed by atoms with Crippen molar-refractivity contribution < 1.29 is 14.3 Å². The highest BCUT2D eigenvalue weighted by Crippen LogP contribution is 2.32. The van der Waals surface area contributed by atoms with E-state index in [0.717, 1.165) is 12.2 Å². The zero-order valence-electron chi connectivity index (χ0n) is 12.9. The molecule has 4 heteroatoms. The molecule has 0 fully saturated rings. The van der Waals surface area contributed by atoms with E-state index in [-0.39, 0.29) is 12.1 Å². The highest BCUT2D eigenvalue weighted by atomic mass is 16.6. The maximum Gasteiger partial charge on any atom is 0.410 e. The molecule has 0 saturated carbocycles. The van der Waals surface area contributed by atoms with Crippen molar-refractivity contribution >= 4 is 6.09 Å². The standard InChI is InChI=1S/C16H23NO3/c1-11-14-7-6-13(19-5)10-12(14)8-9-17(11)15(18)20-16(2,3)4/h6-7,10-11H,8-9H2,1-5H3/t11-/m0/s1. The van der Waals surface area contributed by atoms with Gasteiger partial charge in [0.1, 0.15) is 11.4 Å². The predicted molar refractivity (Wildman–Crippen MR) is 78.1 cm³/mol. The summed E-state index contributed by atoms with van der Waals surface area (Å²) in [5, 5.41) is 0. The van der Waals surface area contributed by atoms with Crippen LogP contribution in [0.15, 0.2) is 18.2 Å². The molecule has 0 saturated heterocycles. The van der Waals surface area contributed by atoms with Gasteiger partial charge in [-0.05, 0) is 57.4 Å². The van der Waals surface area contributed by atoms with Gasteiger partial charge >= 0.3 is 6.09 Å². The van der Waals surface area contributed by atoms with Gasteiger partial charge in [0.05, 0.1) is 13.2 Å². The predicted octanol–water partition coefficient (Wildman–Crippen LogP) is 3.55. The molecule has 1 aliphatic rings. The number of fused-ring (bicyclic) bond motifs is 1. The molecule has 1 aromatic rings. The van der Waals surface area contributed by atoms with Crippen LogP contribution in [0.1, 0.15) is 44.9 Å². The summed E-state index contributed by atoms with van der Waals surface area (Å²) in [4.78, 5) is 14.0. The van der Waals surface area contributed by atoms with Gasteiger partial charge < -0.3 is 14.4 Å². The molecular weight excluding hydrogens is 254 g/mol. The number of hydrogen-bond acceptors (Lipinski definition) is 3. The number of carbonyl (C=O) groups excluding carboxylic acids is 1. The Morgan fingerprint density at radius 2 is 2.05 bits per heavy atom. The second-order valence-electron chi connectivity index (χ2n) is 6.16. The highest BCUT2D eigenvalue weighted by Gasteiger charge is 2.30. The van der Waals surface area contributed by atoms with E-state index >= 15 is 0 Å². The lowest BCUT2D eigenvalue weighted by Crippen LogP contribution is -2.42. The van der Waals surface area contributed by atoms with Crippen LogP contribution in [0.4, 0.5) is 4.79 Å². The van der Waals surface area contributed by atoms with Gasteiger partial charge in [-0.15, -0.1) is 0 Å². The largest absolute Gasteiger partial charge is 0.497 e. The molecule has 1 heterocycles. The second kappa shape index (κ2) is 5.35. The number of amides is 1. The van der Waals surface area contributed by atoms with E-state index in [1.807, 2.05) is 39.8 Å². The number of rotatable bonds is 1. The van der Waals surface area contributed by atoms with Crippen LogP contribution < -0.4 is 4.74 Å². The quantitative estimate of drug-likeness (QED) is 0.788. The van der Waals surface area contributed by atoms with Gasteiger partial charge in [0.25, 0.3) is 0 Å². The molecule has 4 nitrogen and oxygen atoms in total. The summed E-state index contributed by atoms with van der Waals surface area (Å²) in [6.07, 6.45) is 0.585. The number of methoxy groups -OCH3 is 1. The van der Waals surface area contributed by atoms with Crippen LogP contribution in [0.25, 0.3) is 0 Å². The number of ether oxygens (including phenoxy) is 2. The fourth-order valence-corrected chi connectivity index (χ4v) is 2.51. The average Bonchev–Trinajstić information content (AvgIpc) is 2.36. The fraction of sp³-hybridized carbons (Fsp3) is 0.562. The Balaban J connectivity index is 2.19. The molecule has 0 N–H and O–H groups in total. The Bertz CT molecular complexity index is 505. The van der Waals surface area contributed by atoms with E-state index < -0.39 is 5.60 Å². The molecule has 0 aromatic heterocycles. The molecule has 1 amide bonds. The normalized spacial score (nSPS) is 18.4. The molecule has 0 unspecified atom stereocenters. The van der Waals surface area contributed by atoms with Crippen molar-refractivity contribution in [2.75, 3.05) is 13.7 Å². The fourth-order valence-electron chi connectivity index (χ4n) is 2.51. The minimum atomic E-state index is -0.461. The molecule has 2 rings (SSSR count). The van der Waals surface area contributed by atoms with Crippen molar-refractivity contribution in [3.63, 3.8) is 0 Å². The zero-order chi connectivity index (χ0) is 14.9. The SMILES string of the molecule is COc1ccc2c(c1)CCN(C(=O)OC(C)(C)C)[C@H]2C. The van der Waals surface area contributed by atoms with Crippen molar-refractivity contribution in [2.45, 2.75) is 45.8 Å². The summed E-state index contributed by atoms with van der Waals surface area (Å²) < 4.78 is 10.7. The molecular formula is C16H23NO3. The van der Waals surface area contributed by atoms with Gasteiger partial charge in [-0.2, -0.15) is 0 Å². The molecule has 110 valence electrons. The van der Waals surface area contributed by atoms with Crippen LogP contribution in [-0.2, 0) is 11.2 Å². The first-order chi connectivity index (χ1) is 9.31. The van der Waals surface area contributed by atoms with E-state index in [0.29, 0.717) is 6.54 Å². The molecule has 0 bridgehead atoms. The number of benzene rings is 1. The summed E-state index contributed by atoms with van der Waals surface area (Å²) in [5.74, 6) is 0.863. The van der Waals surface area contributed by atoms with E-state index in [1.54, 1.807) is 12.0 Å². The third-order valence-corrected chi connectivity index (χ3v) is 3.52. The van der Waals surface area contributed by atoms with Gasteiger partial charge in [0, 0.05) is 6.54 Å². The van der Waals surface area contributed by atoms with Crippen LogP contribution in [0.3, 0.4) is 0 Å². The monoisotopic (exact) mass is 277 g/mol. The van der Waals surface area contributed by atoms with Crippen LogP contribution in [0.5, 0.6) is 5.75 Å². The van der Waals surface area contributed by atoms with Crippen LogP contribution >= 0.6 is 0 Å². The number of nitrogens with zero attached hydrogens (tertiary/aromatic N) is 1. The van der Waals surface area contributed by atoms with Crippen molar-refractivity contribution in [2.24, 2.45) is 0 Å². The first-order valence-electron chi connectivity index (χ1n) is 6.98. The Hall–Kier alpha value is -1.71. The van der Waals surface area contributed by atoms with Crippen LogP contribution in [0, 0.1) is 0 Å². The lowest BCUT2D eigenvalue weighted by atomic mass is 9.93. The third kappa shape index (κ3) is 3.06. The van der Waals surface area contributed by atoms with Gasteiger partial charge in [-0.25, -0.2) is 4.79 Å². The van der Waals surface area contributed by atoms with Crippen molar-refractivity contribution in [1.82, 2.24) is 4.90 Å². The maximum atomic E-state index is 12.2. The smallest absolute Gasteiger partial charge is 0.410 e. The van der Waals surface area contributed by atoms with Gasteiger partial charge in [-0.1, -0.05) is 6.07 Å². The van der Waals surface area contributed by atoms with Crippen molar-refractivity contribution in [3.8, 4) is 5.75 Å². The first-order valence-corrected chi connectivity index (χ1v) is 6.98. The van der Waals surface area contributed by atoms with E-state index in [1.165, 1.54) is 11.1 Å². The summed E-state index contributed by atoms with van der Waals surface area (Å²) >= 11 is 0. The number of carbonyl (C=O) groups is 1. The maximum absolute atomic E-state index is 12.2. The van der Waals surface area contributed by atoms with E-state index in [4.69, 9.17) is 9.47 Å². The summed E-state index contributed by atoms with van der Waals surface area (Å²) in [6, 6.07) is 6.06. The lowest BCUT2D eigenvalue weighted by Gasteiger charge is -2.36. The Morgan fingerprint density at radius 1 is 1.35 bits per heavy atom. The average molecular weight is 277 g/mol. The summed E-state index contributed by atoms with van der Waals surface area (Å²) in [6.45, 7) is 8.37. The highest BCUT2D eigenvalue weighted by molar-refractivity contribution is 5.69. The summed E-state index contributed by atoms with van der Waals surface area (Å²) in [7, 11) is 1.67. The Labute approximate surface area is 120 Å². The molecule has 1 aromatic carbocycles. The minimum Gasteiger partial charge on any atom is -0.497 e. The topological polar surface area (TPSA) is 38.8 Å². The van der Waals surface area contributed by atoms with Crippen LogP contribution in [-0.4, -0.2) is 30.2 Å². The minimum absolute atomic E-state index is 0.0273. The lowest BCUT2D eigenvalue weighted by molar-refractivity contribution is 0.0159. The third-order valence-electron chi connectivity index (χ3n) is 3.52. The molecule has 20 heavy (non-hydrogen) atoms. The molecule has 1 aliphatic heterocycles. The Kier molecular flexibility index (Phi) is 3.93. The first kappa shape index (κ1) is 14.7. The zero-order valence-corrected chi connectivity index (χ0v) is 12.9. The Morgan fingerprint density at radius 3 is 2.65 bits per heavy atom.